The van der Waals surface area contributed by atoms with Gasteiger partial charge in [0.1, 0.15) is 5.75 Å². The van der Waals surface area contributed by atoms with Crippen LogP contribution in [0.1, 0.15) is 18.4 Å². The van der Waals surface area contributed by atoms with Crippen molar-refractivity contribution >= 4 is 11.9 Å². The summed E-state index contributed by atoms with van der Waals surface area (Å²) in [4.78, 5) is 24.2. The fourth-order valence-corrected chi connectivity index (χ4v) is 2.45. The zero-order valence-electron chi connectivity index (χ0n) is 13.3. The van der Waals surface area contributed by atoms with Gasteiger partial charge in [-0.1, -0.05) is 12.1 Å². The number of hydrogen-bond donors (Lipinski definition) is 1. The third kappa shape index (κ3) is 3.53. The van der Waals surface area contributed by atoms with Gasteiger partial charge in [-0.2, -0.15) is 0 Å². The fourth-order valence-electron chi connectivity index (χ4n) is 2.45. The highest BCUT2D eigenvalue weighted by molar-refractivity contribution is 5.98. The molecule has 0 unspecified atom stereocenters. The molecule has 1 aromatic carbocycles. The predicted octanol–water partition coefficient (Wildman–Crippen LogP) is 1.89. The molecule has 1 aromatic rings. The zero-order valence-corrected chi connectivity index (χ0v) is 13.3. The maximum absolute atomic E-state index is 12.1. The number of rotatable bonds is 5. The van der Waals surface area contributed by atoms with E-state index in [1.54, 1.807) is 6.07 Å². The van der Waals surface area contributed by atoms with Crippen molar-refractivity contribution in [2.45, 2.75) is 12.8 Å². The van der Waals surface area contributed by atoms with E-state index in [0.717, 1.165) is 5.56 Å². The minimum atomic E-state index is -0.587. The van der Waals surface area contributed by atoms with E-state index in [4.69, 9.17) is 14.2 Å². The lowest BCUT2D eigenvalue weighted by Crippen LogP contribution is -2.26. The molecule has 1 aliphatic rings. The summed E-state index contributed by atoms with van der Waals surface area (Å²) in [5.41, 5.74) is 1.39. The van der Waals surface area contributed by atoms with Crippen molar-refractivity contribution in [2.75, 3.05) is 20.8 Å². The Morgan fingerprint density at radius 1 is 1.09 bits per heavy atom. The summed E-state index contributed by atoms with van der Waals surface area (Å²) >= 11 is 0. The van der Waals surface area contributed by atoms with Crippen LogP contribution in [0.2, 0.25) is 0 Å². The molecule has 6 heteroatoms. The number of carbonyl (C=O) groups is 2. The maximum atomic E-state index is 12.1. The second-order valence-corrected chi connectivity index (χ2v) is 4.79. The fraction of sp³-hybridized carbons (Fsp3) is 0.294. The summed E-state index contributed by atoms with van der Waals surface area (Å²) in [5, 5.41) is 2.80. The van der Waals surface area contributed by atoms with E-state index >= 15 is 0 Å². The minimum Gasteiger partial charge on any atom is -0.494 e. The molecule has 1 aliphatic heterocycles. The van der Waals surface area contributed by atoms with Gasteiger partial charge in [0.05, 0.1) is 37.9 Å². The molecule has 2 rings (SSSR count). The number of dihydropyridines is 1. The van der Waals surface area contributed by atoms with Crippen molar-refractivity contribution in [1.29, 1.82) is 0 Å². The van der Waals surface area contributed by atoms with Crippen LogP contribution in [0.4, 0.5) is 0 Å². The van der Waals surface area contributed by atoms with Gasteiger partial charge in [0.25, 0.3) is 0 Å². The number of nitrogens with one attached hydrogen (secondary N) is 1. The third-order valence-electron chi connectivity index (χ3n) is 3.44. The molecule has 1 N–H and O–H groups in total. The second kappa shape index (κ2) is 7.49. The molecule has 0 bridgehead atoms. The highest BCUT2D eigenvalue weighted by Crippen LogP contribution is 2.36. The van der Waals surface area contributed by atoms with Crippen LogP contribution in [0.5, 0.6) is 5.75 Å². The Morgan fingerprint density at radius 2 is 1.70 bits per heavy atom. The van der Waals surface area contributed by atoms with Gasteiger partial charge < -0.3 is 19.5 Å². The first-order valence-electron chi connectivity index (χ1n) is 7.17. The molecule has 0 saturated carbocycles. The molecule has 6 nitrogen and oxygen atoms in total. The van der Waals surface area contributed by atoms with E-state index in [-0.39, 0.29) is 0 Å². The van der Waals surface area contributed by atoms with Crippen LogP contribution in [0.3, 0.4) is 0 Å². The zero-order chi connectivity index (χ0) is 16.8. The van der Waals surface area contributed by atoms with E-state index in [1.807, 2.05) is 25.1 Å². The van der Waals surface area contributed by atoms with Crippen molar-refractivity contribution in [3.63, 3.8) is 0 Å². The van der Waals surface area contributed by atoms with Crippen molar-refractivity contribution in [2.24, 2.45) is 0 Å². The van der Waals surface area contributed by atoms with Gasteiger partial charge in [-0.25, -0.2) is 9.59 Å². The van der Waals surface area contributed by atoms with E-state index in [1.165, 1.54) is 26.6 Å². The van der Waals surface area contributed by atoms with Crippen molar-refractivity contribution in [1.82, 2.24) is 5.32 Å². The third-order valence-corrected chi connectivity index (χ3v) is 3.44. The van der Waals surface area contributed by atoms with Gasteiger partial charge >= 0.3 is 11.9 Å². The molecule has 122 valence electrons. The van der Waals surface area contributed by atoms with Crippen LogP contribution in [-0.4, -0.2) is 32.8 Å². The predicted molar refractivity (Wildman–Crippen MR) is 83.7 cm³/mol. The standard InChI is InChI=1S/C17H19NO5/c1-4-23-12-7-5-6-11(8-12)15-13(16(19)21-2)9-18-10-14(15)17(20)22-3/h5-10,15,18H,4H2,1-3H3. The molecule has 0 aliphatic carbocycles. The van der Waals surface area contributed by atoms with Crippen LogP contribution in [-0.2, 0) is 19.1 Å². The van der Waals surface area contributed by atoms with Crippen LogP contribution in [0, 0.1) is 0 Å². The average Bonchev–Trinajstić information content (AvgIpc) is 2.60. The highest BCUT2D eigenvalue weighted by Gasteiger charge is 2.33. The Kier molecular flexibility index (Phi) is 5.41. The Labute approximate surface area is 134 Å². The summed E-state index contributed by atoms with van der Waals surface area (Å²) in [7, 11) is 2.60. The second-order valence-electron chi connectivity index (χ2n) is 4.79. The Morgan fingerprint density at radius 3 is 2.22 bits per heavy atom. The van der Waals surface area contributed by atoms with Crippen molar-refractivity contribution in [3.8, 4) is 5.75 Å². The van der Waals surface area contributed by atoms with Gasteiger partial charge in [-0.3, -0.25) is 0 Å². The first kappa shape index (κ1) is 16.6. The summed E-state index contributed by atoms with van der Waals surface area (Å²) in [6.07, 6.45) is 3.05. The minimum absolute atomic E-state index is 0.323. The lowest BCUT2D eigenvalue weighted by Gasteiger charge is -2.24. The summed E-state index contributed by atoms with van der Waals surface area (Å²) in [6.45, 7) is 2.41. The summed E-state index contributed by atoms with van der Waals surface area (Å²) < 4.78 is 15.1. The Hall–Kier alpha value is -2.76. The number of carbonyl (C=O) groups excluding carboxylic acids is 2. The molecule has 0 atom stereocenters. The summed E-state index contributed by atoms with van der Waals surface area (Å²) in [6, 6.07) is 7.25. The Bertz CT molecular complexity index is 631. The van der Waals surface area contributed by atoms with Crippen molar-refractivity contribution in [3.05, 3.63) is 53.4 Å². The van der Waals surface area contributed by atoms with Crippen molar-refractivity contribution < 1.29 is 23.8 Å². The molecule has 0 spiro atoms. The van der Waals surface area contributed by atoms with E-state index in [0.29, 0.717) is 23.5 Å². The quantitative estimate of drug-likeness (QED) is 0.836. The van der Waals surface area contributed by atoms with Crippen LogP contribution in [0.25, 0.3) is 0 Å². The molecule has 0 saturated heterocycles. The summed E-state index contributed by atoms with van der Waals surface area (Å²) in [5.74, 6) is -0.953. The maximum Gasteiger partial charge on any atom is 0.336 e. The molecular weight excluding hydrogens is 298 g/mol. The SMILES string of the molecule is CCOc1cccc(C2C(C(=O)OC)=CNC=C2C(=O)OC)c1. The average molecular weight is 317 g/mol. The largest absolute Gasteiger partial charge is 0.494 e. The molecular formula is C17H19NO5. The van der Waals surface area contributed by atoms with Gasteiger partial charge in [0, 0.05) is 12.4 Å². The van der Waals surface area contributed by atoms with Crippen LogP contribution < -0.4 is 10.1 Å². The molecule has 0 amide bonds. The number of ether oxygens (including phenoxy) is 3. The molecule has 23 heavy (non-hydrogen) atoms. The van der Waals surface area contributed by atoms with Gasteiger partial charge in [0.15, 0.2) is 0 Å². The van der Waals surface area contributed by atoms with Gasteiger partial charge in [-0.15, -0.1) is 0 Å². The smallest absolute Gasteiger partial charge is 0.336 e. The topological polar surface area (TPSA) is 73.9 Å². The monoisotopic (exact) mass is 317 g/mol. The normalized spacial score (nSPS) is 14.2. The lowest BCUT2D eigenvalue weighted by atomic mass is 9.83. The number of benzene rings is 1. The number of hydrogen-bond acceptors (Lipinski definition) is 6. The van der Waals surface area contributed by atoms with E-state index in [9.17, 15) is 9.59 Å². The molecule has 0 aromatic heterocycles. The van der Waals surface area contributed by atoms with E-state index in [2.05, 4.69) is 5.32 Å². The first-order chi connectivity index (χ1) is 11.1. The van der Waals surface area contributed by atoms with Gasteiger partial charge in [-0.05, 0) is 24.6 Å². The highest BCUT2D eigenvalue weighted by atomic mass is 16.5. The lowest BCUT2D eigenvalue weighted by molar-refractivity contribution is -0.137. The first-order valence-corrected chi connectivity index (χ1v) is 7.17. The van der Waals surface area contributed by atoms with E-state index < -0.39 is 17.9 Å². The molecule has 0 radical (unpaired) electrons. The number of methoxy groups -OCH3 is 2. The molecule has 0 fully saturated rings. The Balaban J connectivity index is 2.49. The van der Waals surface area contributed by atoms with Gasteiger partial charge in [0.2, 0.25) is 0 Å². The molecule has 1 heterocycles. The number of esters is 2. The van der Waals surface area contributed by atoms with Crippen LogP contribution >= 0.6 is 0 Å². The van der Waals surface area contributed by atoms with Crippen LogP contribution in [0.15, 0.2) is 47.8 Å².